The van der Waals surface area contributed by atoms with Crippen molar-refractivity contribution >= 4 is 63.5 Å². The fourth-order valence-corrected chi connectivity index (χ4v) is 6.07. The Balaban J connectivity index is 1.91. The molecule has 0 unspecified atom stereocenters. The number of nitrogens with one attached hydrogen (secondary N) is 2. The lowest BCUT2D eigenvalue weighted by Gasteiger charge is -2.14. The molecule has 13 heteroatoms. The maximum Gasteiger partial charge on any atom is 0.266 e. The number of rotatable bonds is 8. The highest BCUT2D eigenvalue weighted by molar-refractivity contribution is 9.10. The van der Waals surface area contributed by atoms with Crippen molar-refractivity contribution in [2.75, 3.05) is 23.7 Å². The molecule has 1 aromatic heterocycles. The van der Waals surface area contributed by atoms with Gasteiger partial charge in [0, 0.05) is 8.95 Å². The van der Waals surface area contributed by atoms with Crippen LogP contribution >= 0.6 is 31.9 Å². The molecule has 0 aliphatic carbocycles. The van der Waals surface area contributed by atoms with Crippen LogP contribution in [0.4, 0.5) is 11.6 Å². The van der Waals surface area contributed by atoms with Gasteiger partial charge in [0.15, 0.2) is 0 Å². The number of ether oxygens (including phenoxy) is 2. The fraction of sp³-hybridized carbons (Fsp3) is 0.105. The Morgan fingerprint density at radius 1 is 0.719 bits per heavy atom. The highest BCUT2D eigenvalue weighted by Gasteiger charge is 2.23. The molecule has 3 aromatic rings. The van der Waals surface area contributed by atoms with Crippen LogP contribution in [0.25, 0.3) is 0 Å². The fourth-order valence-electron chi connectivity index (χ4n) is 2.65. The lowest BCUT2D eigenvalue weighted by molar-refractivity contribution is 0.402. The average Bonchev–Trinajstić information content (AvgIpc) is 2.73. The second kappa shape index (κ2) is 9.65. The number of anilines is 2. The Labute approximate surface area is 202 Å². The van der Waals surface area contributed by atoms with Gasteiger partial charge < -0.3 is 9.47 Å². The Morgan fingerprint density at radius 2 is 1.12 bits per heavy atom. The van der Waals surface area contributed by atoms with Gasteiger partial charge in [0.25, 0.3) is 20.0 Å². The Hall–Kier alpha value is -2.35. The van der Waals surface area contributed by atoms with Gasteiger partial charge in [0.05, 0.1) is 14.2 Å². The molecule has 1 heterocycles. The van der Waals surface area contributed by atoms with Gasteiger partial charge in [-0.15, -0.1) is 0 Å². The van der Waals surface area contributed by atoms with Crippen LogP contribution in [0.1, 0.15) is 0 Å². The minimum absolute atomic E-state index is 0.0894. The lowest BCUT2D eigenvalue weighted by atomic mass is 10.3. The van der Waals surface area contributed by atoms with Crippen LogP contribution in [0.2, 0.25) is 0 Å². The van der Waals surface area contributed by atoms with Gasteiger partial charge in [-0.3, -0.25) is 9.44 Å². The summed E-state index contributed by atoms with van der Waals surface area (Å²) in [6, 6.07) is 13.3. The summed E-state index contributed by atoms with van der Waals surface area (Å²) in [6.07, 6.45) is 0. The van der Waals surface area contributed by atoms with Gasteiger partial charge in [0.2, 0.25) is 0 Å². The lowest BCUT2D eigenvalue weighted by Crippen LogP contribution is -2.17. The molecule has 0 amide bonds. The number of sulfonamides is 2. The van der Waals surface area contributed by atoms with Gasteiger partial charge in [-0.1, -0.05) is 37.9 Å². The summed E-state index contributed by atoms with van der Waals surface area (Å²) < 4.78 is 67.4. The largest absolute Gasteiger partial charge is 0.495 e. The Morgan fingerprint density at radius 3 is 1.50 bits per heavy atom. The molecule has 0 saturated heterocycles. The van der Waals surface area contributed by atoms with Gasteiger partial charge in [-0.2, -0.15) is 0 Å². The quantitative estimate of drug-likeness (QED) is 0.393. The first-order chi connectivity index (χ1) is 15.1. The summed E-state index contributed by atoms with van der Waals surface area (Å²) in [4.78, 5) is 3.84. The normalized spacial score (nSPS) is 11.6. The topological polar surface area (TPSA) is 124 Å². The zero-order chi connectivity index (χ0) is 23.5. The molecular weight excluding hydrogens is 590 g/mol. The van der Waals surface area contributed by atoms with Crippen LogP contribution < -0.4 is 18.9 Å². The summed E-state index contributed by atoms with van der Waals surface area (Å²) in [7, 11) is -5.45. The van der Waals surface area contributed by atoms with Gasteiger partial charge in [-0.05, 0) is 48.5 Å². The molecule has 3 rings (SSSR count). The molecule has 0 radical (unpaired) electrons. The van der Waals surface area contributed by atoms with Crippen LogP contribution in [0.15, 0.2) is 73.3 Å². The second-order valence-corrected chi connectivity index (χ2v) is 11.3. The first-order valence-electron chi connectivity index (χ1n) is 8.75. The molecular formula is C19H17Br2N3O6S2. The molecule has 0 aliphatic rings. The van der Waals surface area contributed by atoms with E-state index in [0.717, 1.165) is 0 Å². The van der Waals surface area contributed by atoms with E-state index in [1.165, 1.54) is 56.7 Å². The standard InChI is InChI=1S/C19H17Br2N3O6S2/c1-29-14-8-6-12(20)10-16(14)31(25,26)23-18-4-3-5-19(22-18)24-32(27,28)17-11-13(21)7-9-15(17)30-2/h3-11H,1-2H3,(H2,22,23,24). The van der Waals surface area contributed by atoms with Crippen molar-refractivity contribution in [2.24, 2.45) is 0 Å². The zero-order valence-electron chi connectivity index (χ0n) is 16.7. The molecule has 2 aromatic carbocycles. The maximum absolute atomic E-state index is 12.9. The van der Waals surface area contributed by atoms with E-state index in [1.807, 2.05) is 0 Å². The van der Waals surface area contributed by atoms with Crippen molar-refractivity contribution in [3.8, 4) is 11.5 Å². The molecule has 2 N–H and O–H groups in total. The molecule has 0 fully saturated rings. The van der Waals surface area contributed by atoms with E-state index < -0.39 is 20.0 Å². The predicted octanol–water partition coefficient (Wildman–Crippen LogP) is 4.23. The van der Waals surface area contributed by atoms with Crippen LogP contribution in [0.3, 0.4) is 0 Å². The summed E-state index contributed by atoms with van der Waals surface area (Å²) in [6.45, 7) is 0. The first kappa shape index (κ1) is 24.3. The number of aromatic nitrogens is 1. The summed E-state index contributed by atoms with van der Waals surface area (Å²) in [5.74, 6) is 0.0977. The highest BCUT2D eigenvalue weighted by Crippen LogP contribution is 2.30. The van der Waals surface area contributed by atoms with Gasteiger partial charge in [0.1, 0.15) is 32.9 Å². The van der Waals surface area contributed by atoms with Gasteiger partial charge >= 0.3 is 0 Å². The molecule has 0 aliphatic heterocycles. The van der Waals surface area contributed by atoms with Crippen molar-refractivity contribution in [1.29, 1.82) is 0 Å². The van der Waals surface area contributed by atoms with Crippen molar-refractivity contribution in [3.63, 3.8) is 0 Å². The molecule has 170 valence electrons. The molecule has 32 heavy (non-hydrogen) atoms. The van der Waals surface area contributed by atoms with Crippen molar-refractivity contribution in [2.45, 2.75) is 9.79 Å². The number of benzene rings is 2. The van der Waals surface area contributed by atoms with Crippen molar-refractivity contribution in [1.82, 2.24) is 4.98 Å². The van der Waals surface area contributed by atoms with Gasteiger partial charge in [-0.25, -0.2) is 21.8 Å². The number of hydrogen-bond acceptors (Lipinski definition) is 7. The Bertz CT molecular complexity index is 1260. The van der Waals surface area contributed by atoms with E-state index in [0.29, 0.717) is 8.95 Å². The Kier molecular flexibility index (Phi) is 7.32. The van der Waals surface area contributed by atoms with E-state index in [4.69, 9.17) is 9.47 Å². The summed E-state index contributed by atoms with van der Waals surface area (Å²) in [5.41, 5.74) is 0. The third kappa shape index (κ3) is 5.52. The number of pyridine rings is 1. The van der Waals surface area contributed by atoms with Crippen molar-refractivity contribution < 1.29 is 26.3 Å². The number of methoxy groups -OCH3 is 2. The van der Waals surface area contributed by atoms with E-state index in [9.17, 15) is 16.8 Å². The SMILES string of the molecule is COc1ccc(Br)cc1S(=O)(=O)Nc1cccc(NS(=O)(=O)c2cc(Br)ccc2OC)n1. The highest BCUT2D eigenvalue weighted by atomic mass is 79.9. The number of hydrogen-bond donors (Lipinski definition) is 2. The molecule has 0 bridgehead atoms. The first-order valence-corrected chi connectivity index (χ1v) is 13.3. The number of halogens is 2. The maximum atomic E-state index is 12.9. The van der Waals surface area contributed by atoms with Crippen molar-refractivity contribution in [3.05, 3.63) is 63.5 Å². The van der Waals surface area contributed by atoms with Crippen LogP contribution in [-0.2, 0) is 20.0 Å². The minimum atomic E-state index is -4.08. The average molecular weight is 607 g/mol. The summed E-state index contributed by atoms with van der Waals surface area (Å²) >= 11 is 6.47. The van der Waals surface area contributed by atoms with E-state index in [1.54, 1.807) is 12.1 Å². The van der Waals surface area contributed by atoms with E-state index >= 15 is 0 Å². The summed E-state index contributed by atoms with van der Waals surface area (Å²) in [5, 5.41) is 0. The van der Waals surface area contributed by atoms with Crippen LogP contribution in [0, 0.1) is 0 Å². The molecule has 9 nitrogen and oxygen atoms in total. The smallest absolute Gasteiger partial charge is 0.266 e. The molecule has 0 saturated carbocycles. The third-order valence-electron chi connectivity index (χ3n) is 4.06. The van der Waals surface area contributed by atoms with Crippen LogP contribution in [-0.4, -0.2) is 36.0 Å². The molecule has 0 atom stereocenters. The molecule has 0 spiro atoms. The number of nitrogens with zero attached hydrogens (tertiary/aromatic N) is 1. The zero-order valence-corrected chi connectivity index (χ0v) is 21.5. The minimum Gasteiger partial charge on any atom is -0.495 e. The van der Waals surface area contributed by atoms with E-state index in [2.05, 4.69) is 46.3 Å². The predicted molar refractivity (Wildman–Crippen MR) is 127 cm³/mol. The van der Waals surface area contributed by atoms with E-state index in [-0.39, 0.29) is 32.9 Å². The second-order valence-electron chi connectivity index (χ2n) is 6.21. The monoisotopic (exact) mass is 605 g/mol. The van der Waals surface area contributed by atoms with Crippen LogP contribution in [0.5, 0.6) is 11.5 Å². The third-order valence-corrected chi connectivity index (χ3v) is 7.80.